The number of nitrogens with zero attached hydrogens (tertiary/aromatic N) is 5. The highest BCUT2D eigenvalue weighted by Gasteiger charge is 2.18. The third kappa shape index (κ3) is 5.51. The lowest BCUT2D eigenvalue weighted by molar-refractivity contribution is 0.857. The van der Waals surface area contributed by atoms with E-state index in [9.17, 15) is 0 Å². The standard InChI is InChI=1S/C30H29N6/c1-20(2)22-12-25(17-33-16-22)28(31)15-27-6-7-29-30(36-27)14-24(19-35-29)23-13-26(34-18-23)5-3-4-21-8-10-32-11-9-21/h6-14,16-20,31H,3-5,15H2,1-2H3/q+1. The van der Waals surface area contributed by atoms with Crippen LogP contribution in [0.3, 0.4) is 0 Å². The molecule has 1 N–H and O–H groups in total. The third-order valence-electron chi connectivity index (χ3n) is 6.40. The van der Waals surface area contributed by atoms with Gasteiger partial charge in [-0.15, -0.1) is 0 Å². The fraction of sp³-hybridized carbons (Fsp3) is 0.233. The lowest BCUT2D eigenvalue weighted by atomic mass is 10.0. The summed E-state index contributed by atoms with van der Waals surface area (Å²) in [5.41, 5.74) is 9.45. The Balaban J connectivity index is 1.27. The minimum atomic E-state index is 0.376. The molecule has 36 heavy (non-hydrogen) atoms. The molecule has 0 radical (unpaired) electrons. The number of rotatable bonds is 9. The van der Waals surface area contributed by atoms with Crippen molar-refractivity contribution in [3.63, 3.8) is 0 Å². The number of aryl methyl sites for hydroxylation is 1. The largest absolute Gasteiger partial charge is 0.304 e. The van der Waals surface area contributed by atoms with Crippen molar-refractivity contribution in [1.82, 2.24) is 24.6 Å². The van der Waals surface area contributed by atoms with Gasteiger partial charge in [-0.25, -0.2) is 0 Å². The molecule has 0 aliphatic carbocycles. The molecular weight excluding hydrogens is 444 g/mol. The van der Waals surface area contributed by atoms with Gasteiger partial charge in [-0.2, -0.15) is 0 Å². The minimum absolute atomic E-state index is 0.376. The predicted molar refractivity (Wildman–Crippen MR) is 147 cm³/mol. The summed E-state index contributed by atoms with van der Waals surface area (Å²) in [6.45, 7) is 4.27. The normalized spacial score (nSPS) is 12.8. The second-order valence-corrected chi connectivity index (χ2v) is 9.44. The van der Waals surface area contributed by atoms with Gasteiger partial charge in [-0.05, 0) is 66.3 Å². The molecule has 0 unspecified atom stereocenters. The van der Waals surface area contributed by atoms with Gasteiger partial charge in [0.2, 0.25) is 0 Å². The zero-order valence-electron chi connectivity index (χ0n) is 20.6. The minimum Gasteiger partial charge on any atom is -0.304 e. The summed E-state index contributed by atoms with van der Waals surface area (Å²) in [4.78, 5) is 17.8. The summed E-state index contributed by atoms with van der Waals surface area (Å²) in [5.74, 6) is 0.376. The van der Waals surface area contributed by atoms with Gasteiger partial charge in [0, 0.05) is 66.0 Å². The molecule has 178 valence electrons. The second-order valence-electron chi connectivity index (χ2n) is 9.44. The zero-order chi connectivity index (χ0) is 24.9. The van der Waals surface area contributed by atoms with E-state index in [-0.39, 0.29) is 0 Å². The van der Waals surface area contributed by atoms with Crippen LogP contribution in [0.2, 0.25) is 0 Å². The molecule has 0 bridgehead atoms. The summed E-state index contributed by atoms with van der Waals surface area (Å²) in [7, 11) is 0. The van der Waals surface area contributed by atoms with E-state index in [1.807, 2.05) is 43.1 Å². The Hall–Kier alpha value is -4.28. The molecule has 4 aromatic rings. The van der Waals surface area contributed by atoms with E-state index in [2.05, 4.69) is 63.8 Å². The number of hydrogen-bond donors (Lipinski definition) is 1. The van der Waals surface area contributed by atoms with Crippen LogP contribution < -0.4 is 4.67 Å². The van der Waals surface area contributed by atoms with Crippen molar-refractivity contribution >= 4 is 34.2 Å². The summed E-state index contributed by atoms with van der Waals surface area (Å²) < 4.78 is 4.62. The molecule has 6 heteroatoms. The topological polar surface area (TPSA) is 89.5 Å². The molecule has 0 spiro atoms. The van der Waals surface area contributed by atoms with E-state index in [1.54, 1.807) is 6.20 Å². The molecule has 6 nitrogen and oxygen atoms in total. The highest BCUT2D eigenvalue weighted by molar-refractivity contribution is 6.22. The first-order valence-electron chi connectivity index (χ1n) is 12.3. The Kier molecular flexibility index (Phi) is 6.87. The van der Waals surface area contributed by atoms with E-state index < -0.39 is 0 Å². The van der Waals surface area contributed by atoms with Gasteiger partial charge >= 0.3 is 11.9 Å². The van der Waals surface area contributed by atoms with Gasteiger partial charge in [0.05, 0.1) is 23.0 Å². The average molecular weight is 474 g/mol. The van der Waals surface area contributed by atoms with Crippen molar-refractivity contribution in [1.29, 1.82) is 5.41 Å². The third-order valence-corrected chi connectivity index (χ3v) is 6.40. The van der Waals surface area contributed by atoms with Gasteiger partial charge < -0.3 is 5.41 Å². The molecule has 0 atom stereocenters. The SMILES string of the molecule is CC(C)c1cncc(C(=N)Cc2ccc3ncc(C4=CC(CCCc5ccncc5)=[N+]=C4)cc3n2)c1. The van der Waals surface area contributed by atoms with Crippen LogP contribution in [-0.2, 0) is 12.8 Å². The Bertz CT molecular complexity index is 1510. The number of fused-ring (bicyclic) bond motifs is 1. The summed E-state index contributed by atoms with van der Waals surface area (Å²) >= 11 is 0. The smallest absolute Gasteiger partial charge is 0.304 e. The molecular formula is C30H29N6+. The summed E-state index contributed by atoms with van der Waals surface area (Å²) in [5, 5.41) is 8.60. The van der Waals surface area contributed by atoms with Crippen LogP contribution in [0.25, 0.3) is 16.6 Å². The molecule has 5 rings (SSSR count). The van der Waals surface area contributed by atoms with Gasteiger partial charge in [0.25, 0.3) is 0 Å². The first-order valence-corrected chi connectivity index (χ1v) is 12.3. The maximum absolute atomic E-state index is 8.60. The van der Waals surface area contributed by atoms with Crippen molar-refractivity contribution in [3.05, 3.63) is 101 Å². The van der Waals surface area contributed by atoms with E-state index in [1.165, 1.54) is 5.56 Å². The Morgan fingerprint density at radius 2 is 1.81 bits per heavy atom. The highest BCUT2D eigenvalue weighted by Crippen LogP contribution is 2.20. The second kappa shape index (κ2) is 10.5. The first-order chi connectivity index (χ1) is 17.5. The summed E-state index contributed by atoms with van der Waals surface area (Å²) in [6.07, 6.45) is 16.7. The van der Waals surface area contributed by atoms with E-state index in [4.69, 9.17) is 10.4 Å². The van der Waals surface area contributed by atoms with Crippen molar-refractivity contribution in [2.45, 2.75) is 45.4 Å². The number of hydrogen-bond acceptors (Lipinski definition) is 5. The van der Waals surface area contributed by atoms with Crippen molar-refractivity contribution in [3.8, 4) is 0 Å². The van der Waals surface area contributed by atoms with Crippen LogP contribution in [0.15, 0.2) is 73.5 Å². The Morgan fingerprint density at radius 1 is 0.944 bits per heavy atom. The highest BCUT2D eigenvalue weighted by atomic mass is 14.8. The van der Waals surface area contributed by atoms with Gasteiger partial charge in [0.15, 0.2) is 0 Å². The quantitative estimate of drug-likeness (QED) is 0.269. The van der Waals surface area contributed by atoms with Crippen molar-refractivity contribution in [2.24, 2.45) is 0 Å². The van der Waals surface area contributed by atoms with Crippen molar-refractivity contribution in [2.75, 3.05) is 0 Å². The van der Waals surface area contributed by atoms with E-state index in [0.717, 1.165) is 64.0 Å². The molecule has 4 aromatic heterocycles. The first kappa shape index (κ1) is 23.5. The van der Waals surface area contributed by atoms with Crippen LogP contribution in [0.4, 0.5) is 0 Å². The monoisotopic (exact) mass is 473 g/mol. The van der Waals surface area contributed by atoms with Crippen LogP contribution in [0.5, 0.6) is 0 Å². The van der Waals surface area contributed by atoms with E-state index >= 15 is 0 Å². The van der Waals surface area contributed by atoms with Crippen LogP contribution >= 0.6 is 0 Å². The van der Waals surface area contributed by atoms with Gasteiger partial charge in [0.1, 0.15) is 0 Å². The number of nitrogens with one attached hydrogen (secondary N) is 1. The molecule has 0 saturated carbocycles. The predicted octanol–water partition coefficient (Wildman–Crippen LogP) is 5.15. The van der Waals surface area contributed by atoms with E-state index in [0.29, 0.717) is 18.1 Å². The van der Waals surface area contributed by atoms with Crippen LogP contribution in [0, 0.1) is 5.41 Å². The zero-order valence-corrected chi connectivity index (χ0v) is 20.6. The van der Waals surface area contributed by atoms with Crippen LogP contribution in [-0.4, -0.2) is 37.6 Å². The van der Waals surface area contributed by atoms with Gasteiger partial charge in [-0.1, -0.05) is 18.5 Å². The summed E-state index contributed by atoms with van der Waals surface area (Å²) in [6, 6.07) is 12.2. The molecule has 0 amide bonds. The molecule has 1 aliphatic heterocycles. The fourth-order valence-electron chi connectivity index (χ4n) is 4.25. The van der Waals surface area contributed by atoms with Gasteiger partial charge in [-0.3, -0.25) is 19.9 Å². The number of allylic oxidation sites excluding steroid dienone is 2. The Labute approximate surface area is 211 Å². The molecule has 1 aliphatic rings. The number of aromatic nitrogens is 4. The molecule has 5 heterocycles. The Morgan fingerprint density at radius 3 is 2.64 bits per heavy atom. The molecule has 0 aromatic carbocycles. The fourth-order valence-corrected chi connectivity index (χ4v) is 4.25. The maximum Gasteiger partial charge on any atom is 0.304 e. The average Bonchev–Trinajstić information content (AvgIpc) is 3.38. The van der Waals surface area contributed by atoms with Crippen molar-refractivity contribution < 1.29 is 0 Å². The molecule has 0 fully saturated rings. The maximum atomic E-state index is 8.60. The number of pyridine rings is 4. The molecule has 0 saturated heterocycles. The van der Waals surface area contributed by atoms with Crippen LogP contribution in [0.1, 0.15) is 60.6 Å². The lowest BCUT2D eigenvalue weighted by Gasteiger charge is -2.09. The lowest BCUT2D eigenvalue weighted by Crippen LogP contribution is -2.07.